The van der Waals surface area contributed by atoms with Crippen LogP contribution >= 0.6 is 51.3 Å². The first-order chi connectivity index (χ1) is 11.9. The second-order valence-electron chi connectivity index (χ2n) is 4.79. The Kier molecular flexibility index (Phi) is 7.31. The second kappa shape index (κ2) is 9.24. The maximum atomic E-state index is 6.16. The van der Waals surface area contributed by atoms with Crippen molar-refractivity contribution in [1.29, 1.82) is 0 Å². The summed E-state index contributed by atoms with van der Waals surface area (Å²) in [7, 11) is 1.55. The minimum absolute atomic E-state index is 0.0853. The first kappa shape index (κ1) is 19.8. The van der Waals surface area contributed by atoms with Crippen LogP contribution in [0.1, 0.15) is 11.1 Å². The molecule has 0 aliphatic carbocycles. The van der Waals surface area contributed by atoms with Gasteiger partial charge in [-0.15, -0.1) is 0 Å². The summed E-state index contributed by atoms with van der Waals surface area (Å²) < 4.78 is 12.0. The van der Waals surface area contributed by atoms with E-state index in [1.54, 1.807) is 31.5 Å². The Labute approximate surface area is 169 Å². The first-order valence-electron chi connectivity index (χ1n) is 6.93. The SMILES string of the molecule is COc1cc(C=NNC(N)=S)cc(Br)c1OCc1ccc(Cl)cc1Cl. The molecule has 9 heteroatoms. The van der Waals surface area contributed by atoms with E-state index in [9.17, 15) is 0 Å². The number of nitrogens with one attached hydrogen (secondary N) is 1. The van der Waals surface area contributed by atoms with Crippen LogP contribution in [0, 0.1) is 0 Å². The summed E-state index contributed by atoms with van der Waals surface area (Å²) in [5, 5.41) is 5.11. The van der Waals surface area contributed by atoms with Gasteiger partial charge < -0.3 is 15.2 Å². The van der Waals surface area contributed by atoms with Crippen LogP contribution in [-0.2, 0) is 6.61 Å². The topological polar surface area (TPSA) is 68.9 Å². The Morgan fingerprint density at radius 3 is 2.76 bits per heavy atom. The molecule has 0 radical (unpaired) electrons. The van der Waals surface area contributed by atoms with Crippen molar-refractivity contribution < 1.29 is 9.47 Å². The van der Waals surface area contributed by atoms with Crippen LogP contribution < -0.4 is 20.6 Å². The number of nitrogens with zero attached hydrogens (tertiary/aromatic N) is 1. The van der Waals surface area contributed by atoms with Gasteiger partial charge in [-0.1, -0.05) is 29.3 Å². The van der Waals surface area contributed by atoms with Crippen molar-refractivity contribution in [2.24, 2.45) is 10.8 Å². The van der Waals surface area contributed by atoms with E-state index in [1.165, 1.54) is 0 Å². The van der Waals surface area contributed by atoms with E-state index in [2.05, 4.69) is 38.7 Å². The molecule has 132 valence electrons. The number of halogens is 3. The molecule has 2 aromatic carbocycles. The van der Waals surface area contributed by atoms with Gasteiger partial charge in [-0.05, 0) is 58.0 Å². The number of hydrogen-bond acceptors (Lipinski definition) is 4. The Morgan fingerprint density at radius 1 is 1.36 bits per heavy atom. The quantitative estimate of drug-likeness (QED) is 0.375. The third kappa shape index (κ3) is 5.74. The molecule has 5 nitrogen and oxygen atoms in total. The molecule has 0 atom stereocenters. The molecule has 0 amide bonds. The largest absolute Gasteiger partial charge is 0.493 e. The molecule has 0 aromatic heterocycles. The lowest BCUT2D eigenvalue weighted by molar-refractivity contribution is 0.282. The monoisotopic (exact) mass is 461 g/mol. The first-order valence-corrected chi connectivity index (χ1v) is 8.89. The van der Waals surface area contributed by atoms with Crippen molar-refractivity contribution in [3.05, 3.63) is 56.0 Å². The third-order valence-electron chi connectivity index (χ3n) is 3.03. The van der Waals surface area contributed by atoms with Gasteiger partial charge in [-0.2, -0.15) is 5.10 Å². The minimum atomic E-state index is 0.0853. The zero-order chi connectivity index (χ0) is 18.4. The van der Waals surface area contributed by atoms with Gasteiger partial charge in [0.2, 0.25) is 0 Å². The van der Waals surface area contributed by atoms with Crippen molar-refractivity contribution in [2.75, 3.05) is 7.11 Å². The fourth-order valence-corrected chi connectivity index (χ4v) is 3.00. The third-order valence-corrected chi connectivity index (χ3v) is 4.29. The smallest absolute Gasteiger partial charge is 0.184 e. The van der Waals surface area contributed by atoms with E-state index in [4.69, 9.17) is 38.4 Å². The van der Waals surface area contributed by atoms with E-state index in [0.29, 0.717) is 26.0 Å². The number of nitrogens with two attached hydrogens (primary N) is 1. The molecule has 3 N–H and O–H groups in total. The molecule has 0 spiro atoms. The van der Waals surface area contributed by atoms with Crippen molar-refractivity contribution in [2.45, 2.75) is 6.61 Å². The molecule has 0 bridgehead atoms. The van der Waals surface area contributed by atoms with E-state index in [1.807, 2.05) is 12.1 Å². The summed E-state index contributed by atoms with van der Waals surface area (Å²) in [4.78, 5) is 0. The highest BCUT2D eigenvalue weighted by molar-refractivity contribution is 9.10. The molecule has 0 unspecified atom stereocenters. The number of thiocarbonyl (C=S) groups is 1. The van der Waals surface area contributed by atoms with Crippen molar-refractivity contribution in [3.63, 3.8) is 0 Å². The lowest BCUT2D eigenvalue weighted by Crippen LogP contribution is -2.23. The van der Waals surface area contributed by atoms with Gasteiger partial charge in [-0.25, -0.2) is 0 Å². The molecule has 0 aliphatic heterocycles. The molecule has 0 saturated carbocycles. The van der Waals surface area contributed by atoms with Crippen LogP contribution in [0.2, 0.25) is 10.0 Å². The summed E-state index contributed by atoms with van der Waals surface area (Å²) in [5.74, 6) is 1.09. The van der Waals surface area contributed by atoms with Crippen LogP contribution in [0.25, 0.3) is 0 Å². The fraction of sp³-hybridized carbons (Fsp3) is 0.125. The van der Waals surface area contributed by atoms with Gasteiger partial charge in [0.05, 0.1) is 17.8 Å². The molecule has 0 fully saturated rings. The van der Waals surface area contributed by atoms with Gasteiger partial charge in [0.1, 0.15) is 6.61 Å². The Hall–Kier alpha value is -1.54. The zero-order valence-electron chi connectivity index (χ0n) is 13.1. The highest BCUT2D eigenvalue weighted by Crippen LogP contribution is 2.37. The van der Waals surface area contributed by atoms with Gasteiger partial charge in [-0.3, -0.25) is 5.43 Å². The number of hydrogen-bond donors (Lipinski definition) is 2. The Balaban J connectivity index is 2.19. The van der Waals surface area contributed by atoms with Crippen LogP contribution in [0.15, 0.2) is 39.9 Å². The van der Waals surface area contributed by atoms with E-state index >= 15 is 0 Å². The molecule has 0 saturated heterocycles. The van der Waals surface area contributed by atoms with Crippen molar-refractivity contribution in [1.82, 2.24) is 5.43 Å². The second-order valence-corrected chi connectivity index (χ2v) is 6.93. The summed E-state index contributed by atoms with van der Waals surface area (Å²) in [5.41, 5.74) is 9.38. The van der Waals surface area contributed by atoms with E-state index < -0.39 is 0 Å². The predicted octanol–water partition coefficient (Wildman–Crippen LogP) is 4.51. The number of ether oxygens (including phenoxy) is 2. The fourth-order valence-electron chi connectivity index (χ4n) is 1.91. The molecule has 2 rings (SSSR count). The molecule has 0 aliphatic rings. The standard InChI is InChI=1S/C16H14BrCl2N3O2S/c1-23-14-5-9(7-21-22-16(20)25)4-12(17)15(14)24-8-10-2-3-11(18)6-13(10)19/h2-7H,8H2,1H3,(H3,20,22,25). The summed E-state index contributed by atoms with van der Waals surface area (Å²) in [6.07, 6.45) is 1.56. The average Bonchev–Trinajstić information content (AvgIpc) is 2.54. The molecular weight excluding hydrogens is 449 g/mol. The Morgan fingerprint density at radius 2 is 2.12 bits per heavy atom. The van der Waals surface area contributed by atoms with Crippen molar-refractivity contribution in [3.8, 4) is 11.5 Å². The maximum absolute atomic E-state index is 6.16. The molecule has 2 aromatic rings. The summed E-state index contributed by atoms with van der Waals surface area (Å²) >= 11 is 20.2. The predicted molar refractivity (Wildman–Crippen MR) is 109 cm³/mol. The number of hydrazone groups is 1. The summed E-state index contributed by atoms with van der Waals surface area (Å²) in [6, 6.07) is 8.84. The average molecular weight is 463 g/mol. The lowest BCUT2D eigenvalue weighted by atomic mass is 10.2. The highest BCUT2D eigenvalue weighted by Gasteiger charge is 2.12. The van der Waals surface area contributed by atoms with Crippen molar-refractivity contribution >= 4 is 62.7 Å². The van der Waals surface area contributed by atoms with E-state index in [-0.39, 0.29) is 11.7 Å². The number of rotatable bonds is 6. The van der Waals surface area contributed by atoms with Gasteiger partial charge in [0, 0.05) is 15.6 Å². The van der Waals surface area contributed by atoms with E-state index in [0.717, 1.165) is 11.1 Å². The minimum Gasteiger partial charge on any atom is -0.493 e. The lowest BCUT2D eigenvalue weighted by Gasteiger charge is -2.14. The maximum Gasteiger partial charge on any atom is 0.184 e. The zero-order valence-corrected chi connectivity index (χ0v) is 17.0. The highest BCUT2D eigenvalue weighted by atomic mass is 79.9. The van der Waals surface area contributed by atoms with Crippen LogP contribution in [0.3, 0.4) is 0 Å². The van der Waals surface area contributed by atoms with Crippen LogP contribution in [-0.4, -0.2) is 18.4 Å². The number of benzene rings is 2. The van der Waals surface area contributed by atoms with Gasteiger partial charge >= 0.3 is 0 Å². The van der Waals surface area contributed by atoms with Gasteiger partial charge in [0.25, 0.3) is 0 Å². The molecular formula is C16H14BrCl2N3O2S. The summed E-state index contributed by atoms with van der Waals surface area (Å²) in [6.45, 7) is 0.265. The number of methoxy groups -OCH3 is 1. The van der Waals surface area contributed by atoms with Crippen LogP contribution in [0.4, 0.5) is 0 Å². The Bertz CT molecular complexity index is 818. The van der Waals surface area contributed by atoms with Gasteiger partial charge in [0.15, 0.2) is 16.6 Å². The molecule has 0 heterocycles. The van der Waals surface area contributed by atoms with Crippen LogP contribution in [0.5, 0.6) is 11.5 Å². The normalized spacial score (nSPS) is 10.7. The molecule has 25 heavy (non-hydrogen) atoms.